The highest BCUT2D eigenvalue weighted by Gasteiger charge is 2.37. The normalized spacial score (nSPS) is 22.1. The van der Waals surface area contributed by atoms with Crippen LogP contribution in [0, 0.1) is 0 Å². The molecule has 0 aromatic carbocycles. The van der Waals surface area contributed by atoms with Gasteiger partial charge in [0, 0.05) is 25.2 Å². The number of nitrogens with one attached hydrogen (secondary N) is 1. The lowest BCUT2D eigenvalue weighted by molar-refractivity contribution is -0.00913. The van der Waals surface area contributed by atoms with Crippen molar-refractivity contribution in [1.29, 1.82) is 0 Å². The van der Waals surface area contributed by atoms with Gasteiger partial charge in [-0.15, -0.1) is 0 Å². The Morgan fingerprint density at radius 3 is 2.24 bits per heavy atom. The first-order valence-corrected chi connectivity index (χ1v) is 6.80. The number of rotatable bonds is 6. The van der Waals surface area contributed by atoms with Crippen LogP contribution in [0.5, 0.6) is 0 Å². The van der Waals surface area contributed by atoms with Gasteiger partial charge in [0.15, 0.2) is 0 Å². The van der Waals surface area contributed by atoms with Crippen molar-refractivity contribution in [3.63, 3.8) is 0 Å². The molecular weight excluding hydrogens is 212 g/mol. The Bertz CT molecular complexity index is 232. The van der Waals surface area contributed by atoms with Gasteiger partial charge >= 0.3 is 0 Å². The molecule has 1 unspecified atom stereocenters. The van der Waals surface area contributed by atoms with Gasteiger partial charge in [0.2, 0.25) is 0 Å². The van der Waals surface area contributed by atoms with Crippen molar-refractivity contribution in [2.45, 2.75) is 63.6 Å². The summed E-state index contributed by atoms with van der Waals surface area (Å²) in [7, 11) is 6.20. The highest BCUT2D eigenvalue weighted by molar-refractivity contribution is 4.96. The summed E-state index contributed by atoms with van der Waals surface area (Å²) in [5.41, 5.74) is 0.254. The zero-order valence-corrected chi connectivity index (χ0v) is 12.5. The van der Waals surface area contributed by atoms with E-state index in [-0.39, 0.29) is 5.60 Å². The molecule has 0 saturated heterocycles. The van der Waals surface area contributed by atoms with Gasteiger partial charge in [-0.25, -0.2) is 0 Å². The summed E-state index contributed by atoms with van der Waals surface area (Å²) < 4.78 is 5.53. The van der Waals surface area contributed by atoms with Gasteiger partial charge in [0.25, 0.3) is 0 Å². The maximum atomic E-state index is 5.53. The van der Waals surface area contributed by atoms with Gasteiger partial charge in [-0.05, 0) is 47.7 Å². The molecular formula is C14H30N2O. The molecule has 0 spiro atoms. The van der Waals surface area contributed by atoms with E-state index < -0.39 is 0 Å². The molecule has 1 aliphatic rings. The number of nitrogens with zero attached hydrogens (tertiary/aromatic N) is 1. The number of methoxy groups -OCH3 is 1. The summed E-state index contributed by atoms with van der Waals surface area (Å²) in [6, 6.07) is 0.366. The van der Waals surface area contributed by atoms with E-state index in [4.69, 9.17) is 4.74 Å². The highest BCUT2D eigenvalue weighted by atomic mass is 16.5. The number of hydrogen-bond donors (Lipinski definition) is 1. The summed E-state index contributed by atoms with van der Waals surface area (Å²) in [6.07, 6.45) is 5.35. The van der Waals surface area contributed by atoms with Gasteiger partial charge in [0.05, 0.1) is 5.60 Å². The Morgan fingerprint density at radius 2 is 1.82 bits per heavy atom. The van der Waals surface area contributed by atoms with Gasteiger partial charge < -0.3 is 15.0 Å². The van der Waals surface area contributed by atoms with Crippen molar-refractivity contribution >= 4 is 0 Å². The summed E-state index contributed by atoms with van der Waals surface area (Å²) in [5, 5.41) is 3.67. The molecule has 1 saturated carbocycles. The second-order valence-corrected chi connectivity index (χ2v) is 6.24. The molecule has 0 heterocycles. The molecule has 1 aliphatic carbocycles. The molecule has 3 heteroatoms. The van der Waals surface area contributed by atoms with Gasteiger partial charge in [-0.2, -0.15) is 0 Å². The van der Waals surface area contributed by atoms with Crippen LogP contribution in [0.1, 0.15) is 46.5 Å². The van der Waals surface area contributed by atoms with Crippen LogP contribution in [0.2, 0.25) is 0 Å². The van der Waals surface area contributed by atoms with Crippen LogP contribution in [0.4, 0.5) is 0 Å². The minimum Gasteiger partial charge on any atom is -0.377 e. The molecule has 1 fully saturated rings. The van der Waals surface area contributed by atoms with Crippen LogP contribution in [-0.4, -0.2) is 49.8 Å². The molecule has 3 nitrogen and oxygen atoms in total. The van der Waals surface area contributed by atoms with Gasteiger partial charge in [-0.1, -0.05) is 12.8 Å². The standard InChI is InChI=1S/C14H30N2O/c1-12(13(2,3)17-6)15-11-14(16(4)5)9-7-8-10-14/h12,15H,7-11H2,1-6H3. The van der Waals surface area contributed by atoms with Crippen molar-refractivity contribution in [1.82, 2.24) is 10.2 Å². The Hall–Kier alpha value is -0.120. The predicted octanol–water partition coefficient (Wildman–Crippen LogP) is 2.26. The smallest absolute Gasteiger partial charge is 0.0772 e. The second-order valence-electron chi connectivity index (χ2n) is 6.24. The van der Waals surface area contributed by atoms with Gasteiger partial charge in [0.1, 0.15) is 0 Å². The fourth-order valence-electron chi connectivity index (χ4n) is 2.58. The third-order valence-corrected chi connectivity index (χ3v) is 4.79. The van der Waals surface area contributed by atoms with Crippen molar-refractivity contribution in [2.24, 2.45) is 0 Å². The number of likely N-dealkylation sites (N-methyl/N-ethyl adjacent to an activating group) is 1. The minimum atomic E-state index is -0.105. The van der Waals surface area contributed by atoms with Crippen LogP contribution < -0.4 is 5.32 Å². The molecule has 0 amide bonds. The number of hydrogen-bond acceptors (Lipinski definition) is 3. The van der Waals surface area contributed by atoms with Crippen molar-refractivity contribution in [3.05, 3.63) is 0 Å². The zero-order chi connectivity index (χ0) is 13.1. The van der Waals surface area contributed by atoms with E-state index in [1.165, 1.54) is 25.7 Å². The largest absolute Gasteiger partial charge is 0.377 e. The molecule has 1 N–H and O–H groups in total. The average Bonchev–Trinajstić information content (AvgIpc) is 2.75. The maximum absolute atomic E-state index is 5.53. The Labute approximate surface area is 107 Å². The third-order valence-electron chi connectivity index (χ3n) is 4.79. The molecule has 1 rings (SSSR count). The summed E-state index contributed by atoms with van der Waals surface area (Å²) in [6.45, 7) is 7.55. The first-order valence-electron chi connectivity index (χ1n) is 6.80. The monoisotopic (exact) mass is 242 g/mol. The van der Waals surface area contributed by atoms with E-state index >= 15 is 0 Å². The number of ether oxygens (including phenoxy) is 1. The van der Waals surface area contributed by atoms with Gasteiger partial charge in [-0.3, -0.25) is 0 Å². The van der Waals surface area contributed by atoms with E-state index in [0.717, 1.165) is 6.54 Å². The van der Waals surface area contributed by atoms with Crippen LogP contribution in [0.25, 0.3) is 0 Å². The van der Waals surface area contributed by atoms with Crippen LogP contribution in [-0.2, 0) is 4.74 Å². The molecule has 0 radical (unpaired) electrons. The lowest BCUT2D eigenvalue weighted by Crippen LogP contribution is -2.55. The van der Waals surface area contributed by atoms with Crippen LogP contribution in [0.15, 0.2) is 0 Å². The van der Waals surface area contributed by atoms with E-state index in [1.54, 1.807) is 7.11 Å². The third kappa shape index (κ3) is 3.43. The molecule has 0 aliphatic heterocycles. The summed E-state index contributed by atoms with van der Waals surface area (Å²) in [4.78, 5) is 2.40. The Balaban J connectivity index is 2.53. The molecule has 0 aromatic rings. The average molecular weight is 242 g/mol. The second kappa shape index (κ2) is 5.68. The van der Waals surface area contributed by atoms with Crippen molar-refractivity contribution < 1.29 is 4.74 Å². The van der Waals surface area contributed by atoms with Crippen molar-refractivity contribution in [2.75, 3.05) is 27.7 Å². The van der Waals surface area contributed by atoms with Crippen LogP contribution >= 0.6 is 0 Å². The van der Waals surface area contributed by atoms with Crippen molar-refractivity contribution in [3.8, 4) is 0 Å². The van der Waals surface area contributed by atoms with E-state index in [9.17, 15) is 0 Å². The minimum absolute atomic E-state index is 0.105. The Morgan fingerprint density at radius 1 is 1.29 bits per heavy atom. The molecule has 1 atom stereocenters. The SMILES string of the molecule is COC(C)(C)C(C)NCC1(N(C)C)CCCC1. The van der Waals surface area contributed by atoms with E-state index in [0.29, 0.717) is 11.6 Å². The zero-order valence-electron chi connectivity index (χ0n) is 12.5. The molecule has 0 aromatic heterocycles. The fourth-order valence-corrected chi connectivity index (χ4v) is 2.58. The molecule has 102 valence electrons. The predicted molar refractivity (Wildman–Crippen MR) is 73.4 cm³/mol. The topological polar surface area (TPSA) is 24.5 Å². The Kier molecular flexibility index (Phi) is 4.99. The molecule has 0 bridgehead atoms. The van der Waals surface area contributed by atoms with E-state index in [2.05, 4.69) is 45.1 Å². The lowest BCUT2D eigenvalue weighted by Gasteiger charge is -2.40. The highest BCUT2D eigenvalue weighted by Crippen LogP contribution is 2.33. The lowest BCUT2D eigenvalue weighted by atomic mass is 9.93. The molecule has 17 heavy (non-hydrogen) atoms. The first kappa shape index (κ1) is 14.9. The first-order chi connectivity index (χ1) is 7.84. The van der Waals surface area contributed by atoms with E-state index in [1.807, 2.05) is 0 Å². The van der Waals surface area contributed by atoms with Crippen LogP contribution in [0.3, 0.4) is 0 Å². The summed E-state index contributed by atoms with van der Waals surface area (Å²) in [5.74, 6) is 0. The fraction of sp³-hybridized carbons (Fsp3) is 1.00. The maximum Gasteiger partial charge on any atom is 0.0772 e. The summed E-state index contributed by atoms with van der Waals surface area (Å²) >= 11 is 0. The quantitative estimate of drug-likeness (QED) is 0.773.